The van der Waals surface area contributed by atoms with E-state index in [2.05, 4.69) is 10.6 Å². The predicted molar refractivity (Wildman–Crippen MR) is 62.1 cm³/mol. The van der Waals surface area contributed by atoms with Crippen molar-refractivity contribution in [1.82, 2.24) is 5.32 Å². The van der Waals surface area contributed by atoms with Crippen molar-refractivity contribution in [3.8, 4) is 0 Å². The van der Waals surface area contributed by atoms with Crippen LogP contribution in [0.15, 0.2) is 18.2 Å². The van der Waals surface area contributed by atoms with E-state index in [0.717, 1.165) is 0 Å². The summed E-state index contributed by atoms with van der Waals surface area (Å²) >= 11 is 0. The maximum absolute atomic E-state index is 13.4. The van der Waals surface area contributed by atoms with Crippen LogP contribution >= 0.6 is 0 Å². The number of hydrogen-bond donors (Lipinski definition) is 3. The van der Waals surface area contributed by atoms with Gasteiger partial charge in [0.25, 0.3) is 5.91 Å². The van der Waals surface area contributed by atoms with Gasteiger partial charge in [0.05, 0.1) is 11.3 Å². The van der Waals surface area contributed by atoms with Crippen molar-refractivity contribution < 1.29 is 14.0 Å². The molecule has 1 aromatic carbocycles. The summed E-state index contributed by atoms with van der Waals surface area (Å²) in [4.78, 5) is 22.6. The highest BCUT2D eigenvalue weighted by molar-refractivity contribution is 6.01. The van der Waals surface area contributed by atoms with Gasteiger partial charge >= 0.3 is 0 Å². The maximum atomic E-state index is 13.4. The number of para-hydroxylation sites is 1. The van der Waals surface area contributed by atoms with Gasteiger partial charge in [0.15, 0.2) is 0 Å². The molecule has 5 nitrogen and oxygen atoms in total. The first-order chi connectivity index (χ1) is 7.97. The van der Waals surface area contributed by atoms with Gasteiger partial charge in [0.1, 0.15) is 11.9 Å². The van der Waals surface area contributed by atoms with E-state index in [-0.39, 0.29) is 11.3 Å². The number of amides is 2. The Kier molecular flexibility index (Phi) is 4.03. The SMILES string of the molecule is CNc1c(F)cccc1C(=O)NC(C)C(N)=O. The Balaban J connectivity index is 2.97. The highest BCUT2D eigenvalue weighted by Gasteiger charge is 2.17. The fourth-order valence-electron chi connectivity index (χ4n) is 1.31. The first-order valence-corrected chi connectivity index (χ1v) is 5.03. The molecule has 92 valence electrons. The molecule has 1 rings (SSSR count). The van der Waals surface area contributed by atoms with Gasteiger partial charge in [-0.25, -0.2) is 4.39 Å². The molecule has 0 saturated heterocycles. The molecule has 1 unspecified atom stereocenters. The number of carbonyl (C=O) groups excluding carboxylic acids is 2. The molecule has 0 aromatic heterocycles. The van der Waals surface area contributed by atoms with Crippen LogP contribution in [0.1, 0.15) is 17.3 Å². The number of hydrogen-bond acceptors (Lipinski definition) is 3. The number of halogens is 1. The van der Waals surface area contributed by atoms with E-state index in [1.165, 1.54) is 32.2 Å². The van der Waals surface area contributed by atoms with Crippen LogP contribution in [0.25, 0.3) is 0 Å². The van der Waals surface area contributed by atoms with Crippen LogP contribution in [0, 0.1) is 5.82 Å². The van der Waals surface area contributed by atoms with Crippen molar-refractivity contribution in [3.63, 3.8) is 0 Å². The van der Waals surface area contributed by atoms with E-state index in [9.17, 15) is 14.0 Å². The zero-order valence-electron chi connectivity index (χ0n) is 9.58. The average molecular weight is 239 g/mol. The largest absolute Gasteiger partial charge is 0.385 e. The second-order valence-electron chi connectivity index (χ2n) is 3.51. The first kappa shape index (κ1) is 13.0. The molecule has 0 aliphatic heterocycles. The summed E-state index contributed by atoms with van der Waals surface area (Å²) in [5.41, 5.74) is 5.23. The summed E-state index contributed by atoms with van der Waals surface area (Å²) in [6.07, 6.45) is 0. The lowest BCUT2D eigenvalue weighted by Crippen LogP contribution is -2.42. The molecule has 0 bridgehead atoms. The number of anilines is 1. The zero-order valence-corrected chi connectivity index (χ0v) is 9.58. The van der Waals surface area contributed by atoms with Crippen molar-refractivity contribution in [2.45, 2.75) is 13.0 Å². The molecular formula is C11H14FN3O2. The van der Waals surface area contributed by atoms with E-state index in [1.807, 2.05) is 0 Å². The Labute approximate surface area is 98.2 Å². The highest BCUT2D eigenvalue weighted by atomic mass is 19.1. The lowest BCUT2D eigenvalue weighted by Gasteiger charge is -2.13. The third-order valence-corrected chi connectivity index (χ3v) is 2.28. The topological polar surface area (TPSA) is 84.2 Å². The van der Waals surface area contributed by atoms with Crippen molar-refractivity contribution in [2.75, 3.05) is 12.4 Å². The monoisotopic (exact) mass is 239 g/mol. The van der Waals surface area contributed by atoms with Crippen molar-refractivity contribution in [2.24, 2.45) is 5.73 Å². The lowest BCUT2D eigenvalue weighted by molar-refractivity contribution is -0.119. The molecule has 0 fully saturated rings. The Bertz CT molecular complexity index is 448. The van der Waals surface area contributed by atoms with Crippen molar-refractivity contribution in [3.05, 3.63) is 29.6 Å². The third-order valence-electron chi connectivity index (χ3n) is 2.28. The predicted octanol–water partition coefficient (Wildman–Crippen LogP) is 0.471. The summed E-state index contributed by atoms with van der Waals surface area (Å²) in [6, 6.07) is 3.30. The van der Waals surface area contributed by atoms with Gasteiger partial charge in [-0.15, -0.1) is 0 Å². The Hall–Kier alpha value is -2.11. The minimum Gasteiger partial charge on any atom is -0.385 e. The van der Waals surface area contributed by atoms with Crippen LogP contribution < -0.4 is 16.4 Å². The number of rotatable bonds is 4. The lowest BCUT2D eigenvalue weighted by atomic mass is 10.1. The Morgan fingerprint density at radius 3 is 2.59 bits per heavy atom. The van der Waals surface area contributed by atoms with Gasteiger partial charge in [-0.1, -0.05) is 6.07 Å². The van der Waals surface area contributed by atoms with Crippen LogP contribution in [0.3, 0.4) is 0 Å². The van der Waals surface area contributed by atoms with Crippen molar-refractivity contribution >= 4 is 17.5 Å². The molecule has 2 amide bonds. The summed E-state index contributed by atoms with van der Waals surface area (Å²) in [5.74, 6) is -1.74. The van der Waals surface area contributed by atoms with Gasteiger partial charge in [-0.3, -0.25) is 9.59 Å². The molecule has 4 N–H and O–H groups in total. The van der Waals surface area contributed by atoms with Crippen LogP contribution in [-0.4, -0.2) is 24.9 Å². The van der Waals surface area contributed by atoms with E-state index in [0.29, 0.717) is 0 Å². The second-order valence-corrected chi connectivity index (χ2v) is 3.51. The Morgan fingerprint density at radius 2 is 2.06 bits per heavy atom. The first-order valence-electron chi connectivity index (χ1n) is 5.03. The van der Waals surface area contributed by atoms with E-state index < -0.39 is 23.7 Å². The third kappa shape index (κ3) is 2.93. The number of primary amides is 1. The molecule has 0 aliphatic rings. The second kappa shape index (κ2) is 5.29. The minimum atomic E-state index is -0.810. The number of carbonyl (C=O) groups is 2. The molecule has 17 heavy (non-hydrogen) atoms. The number of nitrogens with one attached hydrogen (secondary N) is 2. The zero-order chi connectivity index (χ0) is 13.0. The molecule has 0 saturated carbocycles. The van der Waals surface area contributed by atoms with Gasteiger partial charge in [0, 0.05) is 7.05 Å². The molecule has 0 aliphatic carbocycles. The number of benzene rings is 1. The van der Waals surface area contributed by atoms with Crippen LogP contribution in [0.4, 0.5) is 10.1 Å². The van der Waals surface area contributed by atoms with Crippen LogP contribution in [0.5, 0.6) is 0 Å². The normalized spacial score (nSPS) is 11.7. The average Bonchev–Trinajstić information content (AvgIpc) is 2.28. The maximum Gasteiger partial charge on any atom is 0.254 e. The molecule has 6 heteroatoms. The summed E-state index contributed by atoms with van der Waals surface area (Å²) < 4.78 is 13.4. The molecule has 0 spiro atoms. The quantitative estimate of drug-likeness (QED) is 0.714. The standard InChI is InChI=1S/C11H14FN3O2/c1-6(10(13)16)15-11(17)7-4-3-5-8(12)9(7)14-2/h3-6,14H,1-2H3,(H2,13,16)(H,15,17). The molecule has 0 heterocycles. The highest BCUT2D eigenvalue weighted by Crippen LogP contribution is 2.18. The minimum absolute atomic E-state index is 0.0849. The van der Waals surface area contributed by atoms with Crippen LogP contribution in [0.2, 0.25) is 0 Å². The summed E-state index contributed by atoms with van der Waals surface area (Å²) in [5, 5.41) is 4.97. The fraction of sp³-hybridized carbons (Fsp3) is 0.273. The molecule has 1 atom stereocenters. The molecule has 1 aromatic rings. The Morgan fingerprint density at radius 1 is 1.41 bits per heavy atom. The van der Waals surface area contributed by atoms with Gasteiger partial charge < -0.3 is 16.4 Å². The smallest absolute Gasteiger partial charge is 0.254 e. The van der Waals surface area contributed by atoms with E-state index in [1.54, 1.807) is 0 Å². The number of nitrogens with two attached hydrogens (primary N) is 1. The molecule has 0 radical (unpaired) electrons. The van der Waals surface area contributed by atoms with Crippen LogP contribution in [-0.2, 0) is 4.79 Å². The van der Waals surface area contributed by atoms with Crippen molar-refractivity contribution in [1.29, 1.82) is 0 Å². The van der Waals surface area contributed by atoms with Gasteiger partial charge in [-0.05, 0) is 19.1 Å². The summed E-state index contributed by atoms with van der Waals surface area (Å²) in [7, 11) is 1.51. The van der Waals surface area contributed by atoms with E-state index >= 15 is 0 Å². The molecular weight excluding hydrogens is 225 g/mol. The summed E-state index contributed by atoms with van der Waals surface area (Å²) in [6.45, 7) is 1.46. The van der Waals surface area contributed by atoms with Gasteiger partial charge in [0.2, 0.25) is 5.91 Å². The fourth-order valence-corrected chi connectivity index (χ4v) is 1.31. The van der Waals surface area contributed by atoms with Gasteiger partial charge in [-0.2, -0.15) is 0 Å². The van der Waals surface area contributed by atoms with E-state index in [4.69, 9.17) is 5.73 Å².